The van der Waals surface area contributed by atoms with E-state index < -0.39 is 0 Å². The van der Waals surface area contributed by atoms with Crippen LogP contribution in [0.3, 0.4) is 0 Å². The van der Waals surface area contributed by atoms with Crippen LogP contribution in [0.5, 0.6) is 0 Å². The summed E-state index contributed by atoms with van der Waals surface area (Å²) in [6, 6.07) is 2.30. The van der Waals surface area contributed by atoms with Crippen LogP contribution in [0.25, 0.3) is 0 Å². The largest absolute Gasteiger partial charge is 0.352 e. The Kier molecular flexibility index (Phi) is 8.24. The highest BCUT2D eigenvalue weighted by Crippen LogP contribution is 2.22. The zero-order chi connectivity index (χ0) is 12.8. The highest BCUT2D eigenvalue weighted by molar-refractivity contribution is 7.12. The number of hydrogen-bond donors (Lipinski definition) is 2. The molecule has 0 spiro atoms. The van der Waals surface area contributed by atoms with E-state index in [1.807, 2.05) is 18.3 Å². The third-order valence-corrected chi connectivity index (χ3v) is 3.76. The van der Waals surface area contributed by atoms with Gasteiger partial charge in [-0.1, -0.05) is 0 Å². The smallest absolute Gasteiger partial charge is 0.220 e. The summed E-state index contributed by atoms with van der Waals surface area (Å²) in [7, 11) is 0. The first-order valence-corrected chi connectivity index (χ1v) is 6.90. The maximum absolute atomic E-state index is 11.5. The molecule has 1 aromatic rings. The highest BCUT2D eigenvalue weighted by Gasteiger charge is 2.07. The maximum atomic E-state index is 11.5. The second-order valence-electron chi connectivity index (χ2n) is 4.50. The molecule has 0 saturated carbocycles. The number of nitrogens with one attached hydrogen (secondary N) is 1. The minimum atomic E-state index is 0. The summed E-state index contributed by atoms with van der Waals surface area (Å²) in [5.74, 6) is 0.104. The summed E-state index contributed by atoms with van der Waals surface area (Å²) < 4.78 is 0. The Morgan fingerprint density at radius 3 is 2.67 bits per heavy atom. The molecular weight excluding hydrogens is 268 g/mol. The standard InChI is InChI=1S/C13H22N2OS.ClH/c1-9(8-14)15-13(16)6-4-5-12-7-10(2)17-11(12)3;/h7,9H,4-6,8,14H2,1-3H3,(H,15,16);1H/t9-;/m0./s1. The van der Waals surface area contributed by atoms with Crippen LogP contribution < -0.4 is 11.1 Å². The summed E-state index contributed by atoms with van der Waals surface area (Å²) in [6.07, 6.45) is 2.47. The van der Waals surface area contributed by atoms with E-state index in [9.17, 15) is 4.79 Å². The van der Waals surface area contributed by atoms with Crippen LogP contribution >= 0.6 is 23.7 Å². The molecule has 104 valence electrons. The van der Waals surface area contributed by atoms with Gasteiger partial charge < -0.3 is 11.1 Å². The second-order valence-corrected chi connectivity index (χ2v) is 5.96. The number of amides is 1. The van der Waals surface area contributed by atoms with Crippen molar-refractivity contribution in [3.05, 3.63) is 21.4 Å². The first-order chi connectivity index (χ1) is 8.02. The molecule has 5 heteroatoms. The zero-order valence-electron chi connectivity index (χ0n) is 11.3. The molecule has 1 aromatic heterocycles. The fourth-order valence-electron chi connectivity index (χ4n) is 1.78. The molecule has 0 unspecified atom stereocenters. The van der Waals surface area contributed by atoms with Gasteiger partial charge in [-0.2, -0.15) is 0 Å². The van der Waals surface area contributed by atoms with Gasteiger partial charge in [0.15, 0.2) is 0 Å². The van der Waals surface area contributed by atoms with Crippen molar-refractivity contribution >= 4 is 29.7 Å². The van der Waals surface area contributed by atoms with Gasteiger partial charge in [-0.05, 0) is 45.2 Å². The number of rotatable bonds is 6. The predicted octanol–water partition coefficient (Wildman–Crippen LogP) is 2.57. The Bertz CT molecular complexity index is 379. The molecule has 0 saturated heterocycles. The van der Waals surface area contributed by atoms with Gasteiger partial charge >= 0.3 is 0 Å². The van der Waals surface area contributed by atoms with Gasteiger partial charge in [0, 0.05) is 28.8 Å². The lowest BCUT2D eigenvalue weighted by Gasteiger charge is -2.10. The number of halogens is 1. The lowest BCUT2D eigenvalue weighted by atomic mass is 10.1. The average Bonchev–Trinajstić information content (AvgIpc) is 2.57. The molecule has 1 rings (SSSR count). The lowest BCUT2D eigenvalue weighted by Crippen LogP contribution is -2.37. The molecule has 18 heavy (non-hydrogen) atoms. The van der Waals surface area contributed by atoms with E-state index in [4.69, 9.17) is 5.73 Å². The maximum Gasteiger partial charge on any atom is 0.220 e. The molecule has 3 N–H and O–H groups in total. The molecule has 1 heterocycles. The third kappa shape index (κ3) is 5.85. The van der Waals surface area contributed by atoms with Crippen LogP contribution in [0, 0.1) is 13.8 Å². The molecule has 0 aliphatic rings. The van der Waals surface area contributed by atoms with Gasteiger partial charge in [-0.25, -0.2) is 0 Å². The van der Waals surface area contributed by atoms with Crippen molar-refractivity contribution in [2.45, 2.75) is 46.1 Å². The second kappa shape index (κ2) is 8.51. The van der Waals surface area contributed by atoms with Crippen LogP contribution in [0.2, 0.25) is 0 Å². The van der Waals surface area contributed by atoms with Crippen molar-refractivity contribution in [3.63, 3.8) is 0 Å². The molecule has 1 amide bonds. The van der Waals surface area contributed by atoms with Gasteiger partial charge in [0.05, 0.1) is 0 Å². The molecule has 3 nitrogen and oxygen atoms in total. The topological polar surface area (TPSA) is 55.1 Å². The van der Waals surface area contributed by atoms with Gasteiger partial charge in [0.25, 0.3) is 0 Å². The van der Waals surface area contributed by atoms with E-state index in [-0.39, 0.29) is 24.4 Å². The van der Waals surface area contributed by atoms with E-state index in [0.29, 0.717) is 13.0 Å². The SMILES string of the molecule is Cc1cc(CCCC(=O)N[C@@H](C)CN)c(C)s1.Cl. The van der Waals surface area contributed by atoms with Crippen molar-refractivity contribution < 1.29 is 4.79 Å². The summed E-state index contributed by atoms with van der Waals surface area (Å²) in [5.41, 5.74) is 6.83. The molecule has 0 aliphatic heterocycles. The quantitative estimate of drug-likeness (QED) is 0.846. The number of carbonyl (C=O) groups is 1. The molecule has 0 aliphatic carbocycles. The summed E-state index contributed by atoms with van der Waals surface area (Å²) in [6.45, 7) is 6.68. The minimum absolute atomic E-state index is 0. The molecule has 0 bridgehead atoms. The van der Waals surface area contributed by atoms with Crippen molar-refractivity contribution in [1.29, 1.82) is 0 Å². The van der Waals surface area contributed by atoms with E-state index in [1.165, 1.54) is 15.3 Å². The van der Waals surface area contributed by atoms with Crippen LogP contribution in [-0.4, -0.2) is 18.5 Å². The van der Waals surface area contributed by atoms with Crippen LogP contribution in [0.4, 0.5) is 0 Å². The Balaban J connectivity index is 0.00000289. The van der Waals surface area contributed by atoms with Gasteiger partial charge in [0.1, 0.15) is 0 Å². The fourth-order valence-corrected chi connectivity index (χ4v) is 2.75. The molecule has 0 radical (unpaired) electrons. The summed E-state index contributed by atoms with van der Waals surface area (Å²) >= 11 is 1.83. The fraction of sp³-hybridized carbons (Fsp3) is 0.615. The number of aryl methyl sites for hydroxylation is 3. The van der Waals surface area contributed by atoms with Gasteiger partial charge in [-0.15, -0.1) is 23.7 Å². The number of thiophene rings is 1. The van der Waals surface area contributed by atoms with E-state index in [1.54, 1.807) is 0 Å². The normalized spacial score (nSPS) is 11.8. The van der Waals surface area contributed by atoms with Crippen LogP contribution in [-0.2, 0) is 11.2 Å². The van der Waals surface area contributed by atoms with Gasteiger partial charge in [-0.3, -0.25) is 4.79 Å². The van der Waals surface area contributed by atoms with E-state index in [0.717, 1.165) is 12.8 Å². The third-order valence-electron chi connectivity index (χ3n) is 2.75. The molecule has 1 atom stereocenters. The van der Waals surface area contributed by atoms with Crippen molar-refractivity contribution in [3.8, 4) is 0 Å². The zero-order valence-corrected chi connectivity index (χ0v) is 12.9. The predicted molar refractivity (Wildman–Crippen MR) is 80.6 cm³/mol. The minimum Gasteiger partial charge on any atom is -0.352 e. The monoisotopic (exact) mass is 290 g/mol. The number of hydrogen-bond acceptors (Lipinski definition) is 3. The average molecular weight is 291 g/mol. The first-order valence-electron chi connectivity index (χ1n) is 6.08. The Hall–Kier alpha value is -0.580. The molecular formula is C13H23ClN2OS. The van der Waals surface area contributed by atoms with Crippen molar-refractivity contribution in [1.82, 2.24) is 5.32 Å². The number of nitrogens with two attached hydrogens (primary N) is 1. The number of carbonyl (C=O) groups excluding carboxylic acids is 1. The van der Waals surface area contributed by atoms with Gasteiger partial charge in [0.2, 0.25) is 5.91 Å². The van der Waals surface area contributed by atoms with E-state index in [2.05, 4.69) is 25.2 Å². The lowest BCUT2D eigenvalue weighted by molar-refractivity contribution is -0.121. The Labute approximate surface area is 120 Å². The molecule has 0 aromatic carbocycles. The Morgan fingerprint density at radius 2 is 2.17 bits per heavy atom. The van der Waals surface area contributed by atoms with Crippen molar-refractivity contribution in [2.75, 3.05) is 6.54 Å². The van der Waals surface area contributed by atoms with Crippen LogP contribution in [0.15, 0.2) is 6.07 Å². The highest BCUT2D eigenvalue weighted by atomic mass is 35.5. The van der Waals surface area contributed by atoms with Crippen molar-refractivity contribution in [2.24, 2.45) is 5.73 Å². The Morgan fingerprint density at radius 1 is 1.50 bits per heavy atom. The summed E-state index contributed by atoms with van der Waals surface area (Å²) in [5, 5.41) is 2.87. The van der Waals surface area contributed by atoms with Crippen LogP contribution in [0.1, 0.15) is 35.1 Å². The summed E-state index contributed by atoms with van der Waals surface area (Å²) in [4.78, 5) is 14.2. The molecule has 0 fully saturated rings. The van der Waals surface area contributed by atoms with E-state index >= 15 is 0 Å². The first kappa shape index (κ1) is 17.4.